The molecule has 0 unspecified atom stereocenters. The van der Waals surface area contributed by atoms with Crippen LogP contribution in [0.1, 0.15) is 21.5 Å². The van der Waals surface area contributed by atoms with E-state index in [-0.39, 0.29) is 5.97 Å². The van der Waals surface area contributed by atoms with E-state index >= 15 is 0 Å². The van der Waals surface area contributed by atoms with Crippen LogP contribution in [-0.2, 0) is 11.3 Å². The molecule has 3 nitrogen and oxygen atoms in total. The normalized spacial score (nSPS) is 10.2. The summed E-state index contributed by atoms with van der Waals surface area (Å²) in [6, 6.07) is 13.1. The van der Waals surface area contributed by atoms with Crippen LogP contribution in [0.5, 0.6) is 0 Å². The molecule has 2 rings (SSSR count). The van der Waals surface area contributed by atoms with E-state index in [9.17, 15) is 4.79 Å². The molecule has 4 heteroatoms. The van der Waals surface area contributed by atoms with Crippen LogP contribution in [0.2, 0.25) is 5.02 Å². The average molecular weight is 290 g/mol. The molecule has 0 saturated heterocycles. The number of halogens is 1. The summed E-state index contributed by atoms with van der Waals surface area (Å²) in [5.74, 6) is -0.321. The van der Waals surface area contributed by atoms with Crippen molar-refractivity contribution in [3.05, 3.63) is 64.2 Å². The molecule has 0 radical (unpaired) electrons. The molecule has 0 spiro atoms. The molecule has 0 atom stereocenters. The van der Waals surface area contributed by atoms with E-state index in [1.807, 2.05) is 37.3 Å². The Morgan fingerprint density at radius 1 is 1.20 bits per heavy atom. The summed E-state index contributed by atoms with van der Waals surface area (Å²) < 4.78 is 4.67. The van der Waals surface area contributed by atoms with Crippen LogP contribution in [0.4, 0.5) is 5.69 Å². The monoisotopic (exact) mass is 289 g/mol. The Kier molecular flexibility index (Phi) is 4.64. The number of ether oxygens (including phenoxy) is 1. The van der Waals surface area contributed by atoms with Gasteiger partial charge in [0.2, 0.25) is 0 Å². The van der Waals surface area contributed by atoms with E-state index in [1.54, 1.807) is 12.1 Å². The van der Waals surface area contributed by atoms with E-state index in [1.165, 1.54) is 7.11 Å². The van der Waals surface area contributed by atoms with Crippen LogP contribution >= 0.6 is 11.6 Å². The highest BCUT2D eigenvalue weighted by atomic mass is 35.5. The van der Waals surface area contributed by atoms with E-state index < -0.39 is 0 Å². The second-order valence-electron chi connectivity index (χ2n) is 4.50. The zero-order valence-electron chi connectivity index (χ0n) is 11.4. The molecule has 0 heterocycles. The summed E-state index contributed by atoms with van der Waals surface area (Å²) in [5, 5.41) is 4.08. The van der Waals surface area contributed by atoms with Crippen molar-refractivity contribution >= 4 is 23.3 Å². The van der Waals surface area contributed by atoms with Crippen molar-refractivity contribution in [2.24, 2.45) is 0 Å². The summed E-state index contributed by atoms with van der Waals surface area (Å²) in [6.45, 7) is 2.69. The van der Waals surface area contributed by atoms with Crippen molar-refractivity contribution in [3.8, 4) is 0 Å². The number of esters is 1. The Balaban J connectivity index is 2.02. The van der Waals surface area contributed by atoms with Gasteiger partial charge in [-0.2, -0.15) is 0 Å². The fourth-order valence-electron chi connectivity index (χ4n) is 1.90. The minimum absolute atomic E-state index is 0.321. The lowest BCUT2D eigenvalue weighted by Gasteiger charge is -2.10. The molecule has 20 heavy (non-hydrogen) atoms. The van der Waals surface area contributed by atoms with Crippen molar-refractivity contribution < 1.29 is 9.53 Å². The Bertz CT molecular complexity index is 608. The van der Waals surface area contributed by atoms with Crippen molar-refractivity contribution in [1.82, 2.24) is 0 Å². The maximum atomic E-state index is 11.3. The first-order valence-corrected chi connectivity index (χ1v) is 6.65. The van der Waals surface area contributed by atoms with Gasteiger partial charge < -0.3 is 10.1 Å². The van der Waals surface area contributed by atoms with E-state index in [4.69, 9.17) is 11.6 Å². The largest absolute Gasteiger partial charge is 0.465 e. The van der Waals surface area contributed by atoms with Gasteiger partial charge in [0.1, 0.15) is 0 Å². The lowest BCUT2D eigenvalue weighted by Crippen LogP contribution is -2.03. The molecule has 2 aromatic rings. The number of nitrogens with one attached hydrogen (secondary N) is 1. The van der Waals surface area contributed by atoms with Gasteiger partial charge in [0, 0.05) is 17.3 Å². The highest BCUT2D eigenvalue weighted by molar-refractivity contribution is 6.30. The van der Waals surface area contributed by atoms with Crippen LogP contribution in [0.25, 0.3) is 0 Å². The molecule has 0 bridgehead atoms. The predicted molar refractivity (Wildman–Crippen MR) is 81.3 cm³/mol. The smallest absolute Gasteiger partial charge is 0.337 e. The highest BCUT2D eigenvalue weighted by Gasteiger charge is 2.04. The number of aryl methyl sites for hydroxylation is 1. The van der Waals surface area contributed by atoms with E-state index in [2.05, 4.69) is 10.1 Å². The molecule has 0 fully saturated rings. The van der Waals surface area contributed by atoms with Crippen LogP contribution in [0, 0.1) is 6.92 Å². The standard InChI is InChI=1S/C16H16ClNO2/c1-11-9-14(17)7-8-15(11)18-10-12-3-5-13(6-4-12)16(19)20-2/h3-9,18H,10H2,1-2H3. The van der Waals surface area contributed by atoms with Gasteiger partial charge in [-0.15, -0.1) is 0 Å². The minimum atomic E-state index is -0.321. The average Bonchev–Trinajstić information content (AvgIpc) is 2.46. The van der Waals surface area contributed by atoms with Crippen molar-refractivity contribution in [1.29, 1.82) is 0 Å². The van der Waals surface area contributed by atoms with Crippen LogP contribution in [0.15, 0.2) is 42.5 Å². The molecule has 2 aromatic carbocycles. The zero-order valence-corrected chi connectivity index (χ0v) is 12.2. The third kappa shape index (κ3) is 3.52. The fourth-order valence-corrected chi connectivity index (χ4v) is 2.13. The first-order chi connectivity index (χ1) is 9.60. The first kappa shape index (κ1) is 14.4. The van der Waals surface area contributed by atoms with Gasteiger partial charge in [0.05, 0.1) is 12.7 Å². The minimum Gasteiger partial charge on any atom is -0.465 e. The van der Waals surface area contributed by atoms with Crippen LogP contribution in [0.3, 0.4) is 0 Å². The third-order valence-electron chi connectivity index (χ3n) is 3.05. The van der Waals surface area contributed by atoms with Gasteiger partial charge >= 0.3 is 5.97 Å². The number of methoxy groups -OCH3 is 1. The molecule has 1 N–H and O–H groups in total. The molecule has 104 valence electrons. The lowest BCUT2D eigenvalue weighted by atomic mass is 10.1. The molecule has 0 aliphatic carbocycles. The van der Waals surface area contributed by atoms with Crippen LogP contribution < -0.4 is 5.32 Å². The van der Waals surface area contributed by atoms with Crippen molar-refractivity contribution in [3.63, 3.8) is 0 Å². The van der Waals surface area contributed by atoms with E-state index in [0.29, 0.717) is 12.1 Å². The summed E-state index contributed by atoms with van der Waals surface area (Å²) in [4.78, 5) is 11.3. The number of benzene rings is 2. The molecular weight excluding hydrogens is 274 g/mol. The maximum absolute atomic E-state index is 11.3. The molecule has 0 aromatic heterocycles. The van der Waals surface area contributed by atoms with Crippen molar-refractivity contribution in [2.45, 2.75) is 13.5 Å². The molecule has 0 amide bonds. The van der Waals surface area contributed by atoms with Gasteiger partial charge in [0.25, 0.3) is 0 Å². The Morgan fingerprint density at radius 2 is 1.90 bits per heavy atom. The SMILES string of the molecule is COC(=O)c1ccc(CNc2ccc(Cl)cc2C)cc1. The number of rotatable bonds is 4. The summed E-state index contributed by atoms with van der Waals surface area (Å²) in [5.41, 5.74) is 3.79. The Labute approximate surface area is 123 Å². The van der Waals surface area contributed by atoms with E-state index in [0.717, 1.165) is 21.8 Å². The molecule has 0 saturated carbocycles. The lowest BCUT2D eigenvalue weighted by molar-refractivity contribution is 0.0600. The van der Waals surface area contributed by atoms with Gasteiger partial charge in [-0.25, -0.2) is 4.79 Å². The van der Waals surface area contributed by atoms with Crippen LogP contribution in [-0.4, -0.2) is 13.1 Å². The maximum Gasteiger partial charge on any atom is 0.337 e. The second-order valence-corrected chi connectivity index (χ2v) is 4.94. The second kappa shape index (κ2) is 6.44. The van der Waals surface area contributed by atoms with Gasteiger partial charge in [-0.05, 0) is 48.4 Å². The Hall–Kier alpha value is -2.00. The Morgan fingerprint density at radius 3 is 2.50 bits per heavy atom. The van der Waals surface area contributed by atoms with Gasteiger partial charge in [-0.1, -0.05) is 23.7 Å². The number of hydrogen-bond donors (Lipinski definition) is 1. The molecule has 0 aliphatic heterocycles. The first-order valence-electron chi connectivity index (χ1n) is 6.27. The quantitative estimate of drug-likeness (QED) is 0.863. The third-order valence-corrected chi connectivity index (χ3v) is 3.28. The predicted octanol–water partition coefficient (Wildman–Crippen LogP) is 4.05. The summed E-state index contributed by atoms with van der Waals surface area (Å²) in [6.07, 6.45) is 0. The highest BCUT2D eigenvalue weighted by Crippen LogP contribution is 2.20. The number of anilines is 1. The molecule has 0 aliphatic rings. The van der Waals surface area contributed by atoms with Gasteiger partial charge in [0.15, 0.2) is 0 Å². The number of hydrogen-bond acceptors (Lipinski definition) is 3. The van der Waals surface area contributed by atoms with Crippen molar-refractivity contribution in [2.75, 3.05) is 12.4 Å². The topological polar surface area (TPSA) is 38.3 Å². The van der Waals surface area contributed by atoms with Gasteiger partial charge in [-0.3, -0.25) is 0 Å². The molecular formula is C16H16ClNO2. The zero-order chi connectivity index (χ0) is 14.5. The summed E-state index contributed by atoms with van der Waals surface area (Å²) in [7, 11) is 1.38. The fraction of sp³-hybridized carbons (Fsp3) is 0.188. The number of carbonyl (C=O) groups is 1. The summed E-state index contributed by atoms with van der Waals surface area (Å²) >= 11 is 5.92. The number of carbonyl (C=O) groups excluding carboxylic acids is 1.